The average molecular weight is 371 g/mol. The number of ether oxygens (including phenoxy) is 1. The first-order valence-corrected chi connectivity index (χ1v) is 9.95. The lowest BCUT2D eigenvalue weighted by Gasteiger charge is -2.20. The molecule has 0 aliphatic heterocycles. The molecule has 0 heterocycles. The summed E-state index contributed by atoms with van der Waals surface area (Å²) in [6, 6.07) is 4.80. The van der Waals surface area contributed by atoms with E-state index in [0.717, 1.165) is 19.1 Å². The number of anilines is 1. The van der Waals surface area contributed by atoms with E-state index in [9.17, 15) is 18.0 Å². The van der Waals surface area contributed by atoms with Crippen molar-refractivity contribution in [3.8, 4) is 5.75 Å². The Kier molecular flexibility index (Phi) is 8.20. The lowest BCUT2D eigenvalue weighted by atomic mass is 10.2. The predicted octanol–water partition coefficient (Wildman–Crippen LogP) is 2.78. The van der Waals surface area contributed by atoms with Crippen molar-refractivity contribution in [3.05, 3.63) is 24.3 Å². The van der Waals surface area contributed by atoms with Gasteiger partial charge in [-0.05, 0) is 37.6 Å². The largest absolute Gasteiger partial charge is 0.494 e. The third kappa shape index (κ3) is 7.42. The fourth-order valence-electron chi connectivity index (χ4n) is 2.05. The van der Waals surface area contributed by atoms with Crippen molar-refractivity contribution < 1.29 is 22.7 Å². The Hall–Kier alpha value is -2.29. The number of benzene rings is 1. The molecule has 0 aliphatic carbocycles. The lowest BCUT2D eigenvalue weighted by molar-refractivity contribution is 0.219. The van der Waals surface area contributed by atoms with Crippen LogP contribution >= 0.6 is 0 Å². The molecule has 1 aromatic rings. The number of imide groups is 1. The predicted molar refractivity (Wildman–Crippen MR) is 96.2 cm³/mol. The Morgan fingerprint density at radius 3 is 2.28 bits per heavy atom. The van der Waals surface area contributed by atoms with Gasteiger partial charge in [-0.2, -0.15) is 0 Å². The lowest BCUT2D eigenvalue weighted by Crippen LogP contribution is -2.47. The molecule has 0 aromatic heterocycles. The van der Waals surface area contributed by atoms with Gasteiger partial charge in [0.2, 0.25) is 10.0 Å². The fourth-order valence-corrected chi connectivity index (χ4v) is 2.85. The highest BCUT2D eigenvalue weighted by Crippen LogP contribution is 2.15. The molecule has 0 aliphatic rings. The van der Waals surface area contributed by atoms with Crippen LogP contribution in [0.3, 0.4) is 0 Å². The first-order chi connectivity index (χ1) is 11.8. The normalized spacial score (nSPS) is 10.8. The molecule has 0 unspecified atom stereocenters. The molecule has 1 aromatic carbocycles. The standard InChI is InChI=1S/C16H25N3O5S/c1-4-6-7-12-19(25(3,22)23)16(21)18-15(20)17-13-8-10-14(11-9-13)24-5-2/h8-11H,4-7,12H2,1-3H3,(H2,17,18,20,21). The first-order valence-electron chi connectivity index (χ1n) is 8.10. The van der Waals surface area contributed by atoms with Crippen molar-refractivity contribution in [3.63, 3.8) is 0 Å². The summed E-state index contributed by atoms with van der Waals surface area (Å²) in [6.07, 6.45) is 3.15. The summed E-state index contributed by atoms with van der Waals surface area (Å²) in [5, 5.41) is 4.50. The highest BCUT2D eigenvalue weighted by atomic mass is 32.2. The van der Waals surface area contributed by atoms with Gasteiger partial charge in [0.1, 0.15) is 5.75 Å². The molecule has 9 heteroatoms. The summed E-state index contributed by atoms with van der Waals surface area (Å²) in [6.45, 7) is 4.39. The molecule has 140 valence electrons. The maximum absolute atomic E-state index is 12.1. The number of sulfonamides is 1. The Labute approximate surface area is 148 Å². The van der Waals surface area contributed by atoms with Gasteiger partial charge in [-0.15, -0.1) is 0 Å². The van der Waals surface area contributed by atoms with E-state index < -0.39 is 22.1 Å². The summed E-state index contributed by atoms with van der Waals surface area (Å²) >= 11 is 0. The van der Waals surface area contributed by atoms with Crippen LogP contribution in [-0.2, 0) is 10.0 Å². The number of carbonyl (C=O) groups is 2. The maximum atomic E-state index is 12.1. The minimum Gasteiger partial charge on any atom is -0.494 e. The number of nitrogens with one attached hydrogen (secondary N) is 2. The SMILES string of the molecule is CCCCCN(C(=O)NC(=O)Nc1ccc(OCC)cc1)S(C)(=O)=O. The minimum atomic E-state index is -3.75. The van der Waals surface area contributed by atoms with Gasteiger partial charge in [0.15, 0.2) is 0 Å². The quantitative estimate of drug-likeness (QED) is 0.684. The number of unbranched alkanes of at least 4 members (excludes halogenated alkanes) is 2. The number of hydrogen-bond donors (Lipinski definition) is 2. The number of carbonyl (C=O) groups excluding carboxylic acids is 2. The Morgan fingerprint density at radius 2 is 1.76 bits per heavy atom. The Balaban J connectivity index is 2.64. The highest BCUT2D eigenvalue weighted by Gasteiger charge is 2.24. The van der Waals surface area contributed by atoms with E-state index in [1.165, 1.54) is 0 Å². The van der Waals surface area contributed by atoms with E-state index in [2.05, 4.69) is 5.32 Å². The van der Waals surface area contributed by atoms with E-state index in [1.54, 1.807) is 24.3 Å². The third-order valence-electron chi connectivity index (χ3n) is 3.24. The second-order valence-electron chi connectivity index (χ2n) is 5.38. The van der Waals surface area contributed by atoms with Gasteiger partial charge >= 0.3 is 12.1 Å². The van der Waals surface area contributed by atoms with E-state index in [0.29, 0.717) is 28.8 Å². The molecule has 0 spiro atoms. The van der Waals surface area contributed by atoms with Crippen molar-refractivity contribution in [2.24, 2.45) is 0 Å². The van der Waals surface area contributed by atoms with Crippen molar-refractivity contribution in [1.29, 1.82) is 0 Å². The van der Waals surface area contributed by atoms with Gasteiger partial charge in [0.25, 0.3) is 0 Å². The monoisotopic (exact) mass is 371 g/mol. The van der Waals surface area contributed by atoms with E-state index >= 15 is 0 Å². The van der Waals surface area contributed by atoms with Gasteiger partial charge in [0.05, 0.1) is 12.9 Å². The van der Waals surface area contributed by atoms with Crippen molar-refractivity contribution in [1.82, 2.24) is 9.62 Å². The van der Waals surface area contributed by atoms with Crippen LogP contribution in [0.5, 0.6) is 5.75 Å². The molecule has 0 saturated heterocycles. The molecular formula is C16H25N3O5S. The van der Waals surface area contributed by atoms with E-state index in [4.69, 9.17) is 4.74 Å². The average Bonchev–Trinajstić information content (AvgIpc) is 2.52. The van der Waals surface area contributed by atoms with Gasteiger partial charge in [-0.3, -0.25) is 5.32 Å². The smallest absolute Gasteiger partial charge is 0.339 e. The highest BCUT2D eigenvalue weighted by molar-refractivity contribution is 7.88. The molecule has 0 atom stereocenters. The maximum Gasteiger partial charge on any atom is 0.339 e. The summed E-state index contributed by atoms with van der Waals surface area (Å²) in [7, 11) is -3.75. The molecule has 1 rings (SSSR count). The topological polar surface area (TPSA) is 105 Å². The van der Waals surface area contributed by atoms with Crippen LogP contribution < -0.4 is 15.4 Å². The second-order valence-corrected chi connectivity index (χ2v) is 7.29. The second kappa shape index (κ2) is 9.87. The van der Waals surface area contributed by atoms with Crippen molar-refractivity contribution >= 4 is 27.8 Å². The van der Waals surface area contributed by atoms with Crippen LogP contribution in [0.15, 0.2) is 24.3 Å². The van der Waals surface area contributed by atoms with Crippen LogP contribution in [0.4, 0.5) is 15.3 Å². The number of urea groups is 2. The van der Waals surface area contributed by atoms with Gasteiger partial charge in [-0.1, -0.05) is 19.8 Å². The van der Waals surface area contributed by atoms with Gasteiger partial charge in [-0.25, -0.2) is 22.3 Å². The summed E-state index contributed by atoms with van der Waals surface area (Å²) in [4.78, 5) is 24.0. The number of nitrogens with zero attached hydrogens (tertiary/aromatic N) is 1. The molecular weight excluding hydrogens is 346 g/mol. The molecule has 0 fully saturated rings. The Bertz CT molecular complexity index is 674. The molecule has 2 N–H and O–H groups in total. The van der Waals surface area contributed by atoms with Crippen molar-refractivity contribution in [2.45, 2.75) is 33.1 Å². The summed E-state index contributed by atoms with van der Waals surface area (Å²) < 4.78 is 29.4. The zero-order valence-electron chi connectivity index (χ0n) is 14.7. The third-order valence-corrected chi connectivity index (χ3v) is 4.38. The number of rotatable bonds is 8. The molecule has 0 radical (unpaired) electrons. The first kappa shape index (κ1) is 20.8. The molecule has 25 heavy (non-hydrogen) atoms. The summed E-state index contributed by atoms with van der Waals surface area (Å²) in [5.74, 6) is 0.656. The number of hydrogen-bond acceptors (Lipinski definition) is 5. The van der Waals surface area contributed by atoms with Gasteiger partial charge in [0, 0.05) is 12.2 Å². The zero-order valence-corrected chi connectivity index (χ0v) is 15.6. The molecule has 8 nitrogen and oxygen atoms in total. The van der Waals surface area contributed by atoms with Crippen LogP contribution in [0.2, 0.25) is 0 Å². The van der Waals surface area contributed by atoms with E-state index in [-0.39, 0.29) is 6.54 Å². The van der Waals surface area contributed by atoms with Crippen molar-refractivity contribution in [2.75, 3.05) is 24.7 Å². The molecule has 0 saturated carbocycles. The molecule has 4 amide bonds. The molecule has 0 bridgehead atoms. The van der Waals surface area contributed by atoms with Crippen LogP contribution in [0, 0.1) is 0 Å². The zero-order chi connectivity index (χ0) is 18.9. The number of amides is 4. The van der Waals surface area contributed by atoms with Crippen LogP contribution in [0.1, 0.15) is 33.1 Å². The minimum absolute atomic E-state index is 0.0365. The van der Waals surface area contributed by atoms with E-state index in [1.807, 2.05) is 19.2 Å². The Morgan fingerprint density at radius 1 is 1.12 bits per heavy atom. The van der Waals surface area contributed by atoms with Gasteiger partial charge < -0.3 is 10.1 Å². The summed E-state index contributed by atoms with van der Waals surface area (Å²) in [5.41, 5.74) is 0.450. The van der Waals surface area contributed by atoms with Crippen LogP contribution in [-0.4, -0.2) is 44.2 Å². The van der Waals surface area contributed by atoms with Crippen LogP contribution in [0.25, 0.3) is 0 Å². The fraction of sp³-hybridized carbons (Fsp3) is 0.500.